The van der Waals surface area contributed by atoms with E-state index in [4.69, 9.17) is 6.42 Å². The largest absolute Gasteiger partial charge is 0.345 e. The van der Waals surface area contributed by atoms with Crippen molar-refractivity contribution in [3.8, 4) is 12.3 Å². The third kappa shape index (κ3) is 1.96. The molecule has 0 saturated carbocycles. The molecule has 1 aliphatic heterocycles. The average molecular weight is 208 g/mol. The van der Waals surface area contributed by atoms with Crippen molar-refractivity contribution in [2.45, 2.75) is 38.8 Å². The lowest BCUT2D eigenvalue weighted by atomic mass is 9.97. The normalized spacial score (nSPS) is 22.3. The Morgan fingerprint density at radius 1 is 1.60 bits per heavy atom. The molecule has 0 aromatic heterocycles. The molecule has 0 aromatic rings. The molecule has 1 unspecified atom stereocenters. The Labute approximate surface area is 90.0 Å². The Kier molecular flexibility index (Phi) is 3.04. The van der Waals surface area contributed by atoms with Crippen molar-refractivity contribution in [2.75, 3.05) is 6.54 Å². The average Bonchev–Trinajstić information content (AvgIpc) is 2.20. The second-order valence-electron chi connectivity index (χ2n) is 4.11. The maximum absolute atomic E-state index is 11.7. The van der Waals surface area contributed by atoms with Gasteiger partial charge in [-0.2, -0.15) is 0 Å². The Morgan fingerprint density at radius 2 is 2.20 bits per heavy atom. The maximum atomic E-state index is 11.7. The second kappa shape index (κ2) is 3.93. The van der Waals surface area contributed by atoms with E-state index >= 15 is 0 Å². The van der Waals surface area contributed by atoms with Gasteiger partial charge in [0.25, 0.3) is 0 Å². The summed E-state index contributed by atoms with van der Waals surface area (Å²) in [6, 6.07) is -0.447. The van der Waals surface area contributed by atoms with Gasteiger partial charge in [-0.3, -0.25) is 9.59 Å². The molecule has 1 fully saturated rings. The molecule has 2 amide bonds. The number of carbonyl (C=O) groups is 2. The lowest BCUT2D eigenvalue weighted by Crippen LogP contribution is -2.64. The van der Waals surface area contributed by atoms with E-state index in [0.29, 0.717) is 6.42 Å². The summed E-state index contributed by atoms with van der Waals surface area (Å²) in [5, 5.41) is 2.56. The molecule has 0 bridgehead atoms. The van der Waals surface area contributed by atoms with Gasteiger partial charge in [-0.15, -0.1) is 6.42 Å². The molecule has 1 atom stereocenters. The van der Waals surface area contributed by atoms with Crippen LogP contribution >= 0.6 is 0 Å². The molecule has 0 aromatic carbocycles. The van der Waals surface area contributed by atoms with Gasteiger partial charge in [0.15, 0.2) is 0 Å². The number of hydrogen-bond donors (Lipinski definition) is 1. The number of piperazine rings is 1. The molecule has 15 heavy (non-hydrogen) atoms. The van der Waals surface area contributed by atoms with Crippen molar-refractivity contribution in [2.24, 2.45) is 0 Å². The topological polar surface area (TPSA) is 49.4 Å². The Bertz CT molecular complexity index is 328. The van der Waals surface area contributed by atoms with Gasteiger partial charge in [-0.25, -0.2) is 0 Å². The van der Waals surface area contributed by atoms with Crippen LogP contribution in [0.4, 0.5) is 0 Å². The quantitative estimate of drug-likeness (QED) is 0.656. The summed E-state index contributed by atoms with van der Waals surface area (Å²) in [7, 11) is 0. The zero-order valence-corrected chi connectivity index (χ0v) is 9.33. The fourth-order valence-corrected chi connectivity index (χ4v) is 1.80. The van der Waals surface area contributed by atoms with Crippen LogP contribution in [0.2, 0.25) is 0 Å². The number of rotatable bonds is 2. The molecule has 4 heteroatoms. The summed E-state index contributed by atoms with van der Waals surface area (Å²) in [6.45, 7) is 5.45. The Hall–Kier alpha value is -1.50. The molecule has 82 valence electrons. The van der Waals surface area contributed by atoms with E-state index in [-0.39, 0.29) is 18.4 Å². The summed E-state index contributed by atoms with van der Waals surface area (Å²) < 4.78 is 0. The maximum Gasteiger partial charge on any atom is 0.243 e. The van der Waals surface area contributed by atoms with E-state index in [1.54, 1.807) is 13.8 Å². The predicted molar refractivity (Wildman–Crippen MR) is 56.8 cm³/mol. The van der Waals surface area contributed by atoms with Crippen molar-refractivity contribution < 1.29 is 9.59 Å². The lowest BCUT2D eigenvalue weighted by Gasteiger charge is -2.42. The first-order valence-electron chi connectivity index (χ1n) is 5.01. The van der Waals surface area contributed by atoms with Crippen molar-refractivity contribution in [1.82, 2.24) is 10.2 Å². The van der Waals surface area contributed by atoms with Gasteiger partial charge >= 0.3 is 0 Å². The van der Waals surface area contributed by atoms with Crippen molar-refractivity contribution >= 4 is 11.8 Å². The van der Waals surface area contributed by atoms with Gasteiger partial charge < -0.3 is 10.2 Å². The number of carbonyl (C=O) groups excluding carboxylic acids is 2. The smallest absolute Gasteiger partial charge is 0.243 e. The van der Waals surface area contributed by atoms with Gasteiger partial charge in [-0.05, 0) is 20.3 Å². The number of nitrogens with zero attached hydrogens (tertiary/aromatic N) is 1. The zero-order chi connectivity index (χ0) is 11.6. The van der Waals surface area contributed by atoms with Crippen LogP contribution in [0, 0.1) is 12.3 Å². The van der Waals surface area contributed by atoms with Crippen LogP contribution in [0.1, 0.15) is 27.2 Å². The molecular weight excluding hydrogens is 192 g/mol. The number of nitrogens with one attached hydrogen (secondary N) is 1. The Morgan fingerprint density at radius 3 is 2.67 bits per heavy atom. The fourth-order valence-electron chi connectivity index (χ4n) is 1.80. The zero-order valence-electron chi connectivity index (χ0n) is 9.33. The first kappa shape index (κ1) is 11.6. The van der Waals surface area contributed by atoms with Crippen molar-refractivity contribution in [1.29, 1.82) is 0 Å². The van der Waals surface area contributed by atoms with E-state index in [1.807, 2.05) is 6.92 Å². The van der Waals surface area contributed by atoms with Crippen LogP contribution in [0.25, 0.3) is 0 Å². The van der Waals surface area contributed by atoms with Crippen LogP contribution in [-0.2, 0) is 9.59 Å². The second-order valence-corrected chi connectivity index (χ2v) is 4.11. The van der Waals surface area contributed by atoms with Crippen LogP contribution in [0.15, 0.2) is 0 Å². The highest BCUT2D eigenvalue weighted by atomic mass is 16.2. The minimum absolute atomic E-state index is 0.0421. The standard InChI is InChI=1S/C11H16N2O2/c1-5-8-10(15)12-7-9(14)13(8)11(3,4)6-2/h2,8H,5,7H2,1,3-4H3,(H,12,15). The third-order valence-electron chi connectivity index (χ3n) is 2.64. The van der Waals surface area contributed by atoms with Crippen LogP contribution in [-0.4, -0.2) is 34.8 Å². The van der Waals surface area contributed by atoms with E-state index in [2.05, 4.69) is 11.2 Å². The highest BCUT2D eigenvalue weighted by Gasteiger charge is 2.40. The highest BCUT2D eigenvalue weighted by molar-refractivity contribution is 5.95. The monoisotopic (exact) mass is 208 g/mol. The SMILES string of the molecule is C#CC(C)(C)N1C(=O)CNC(=O)C1CC. The Balaban J connectivity index is 3.05. The molecule has 0 aliphatic carbocycles. The number of hydrogen-bond acceptors (Lipinski definition) is 2. The molecule has 1 N–H and O–H groups in total. The molecular formula is C11H16N2O2. The summed E-state index contributed by atoms with van der Waals surface area (Å²) in [6.07, 6.45) is 5.96. The summed E-state index contributed by atoms with van der Waals surface area (Å²) in [4.78, 5) is 24.8. The molecule has 0 radical (unpaired) electrons. The van der Waals surface area contributed by atoms with Crippen molar-refractivity contribution in [3.63, 3.8) is 0 Å². The van der Waals surface area contributed by atoms with E-state index in [9.17, 15) is 9.59 Å². The van der Waals surface area contributed by atoms with Gasteiger partial charge in [0.1, 0.15) is 6.04 Å². The minimum atomic E-state index is -0.713. The highest BCUT2D eigenvalue weighted by Crippen LogP contribution is 2.21. The first-order chi connectivity index (χ1) is 6.94. The summed E-state index contributed by atoms with van der Waals surface area (Å²) in [5.74, 6) is 2.31. The van der Waals surface area contributed by atoms with Crippen LogP contribution < -0.4 is 5.32 Å². The molecule has 1 heterocycles. The number of amides is 2. The van der Waals surface area contributed by atoms with Gasteiger partial charge in [0, 0.05) is 0 Å². The van der Waals surface area contributed by atoms with Crippen molar-refractivity contribution in [3.05, 3.63) is 0 Å². The summed E-state index contributed by atoms with van der Waals surface area (Å²) in [5.41, 5.74) is -0.713. The van der Waals surface area contributed by atoms with E-state index < -0.39 is 11.6 Å². The molecule has 1 rings (SSSR count). The minimum Gasteiger partial charge on any atom is -0.345 e. The third-order valence-corrected chi connectivity index (χ3v) is 2.64. The molecule has 0 spiro atoms. The summed E-state index contributed by atoms with van der Waals surface area (Å²) >= 11 is 0. The van der Waals surface area contributed by atoms with Gasteiger partial charge in [0.2, 0.25) is 11.8 Å². The first-order valence-corrected chi connectivity index (χ1v) is 5.01. The van der Waals surface area contributed by atoms with Gasteiger partial charge in [0.05, 0.1) is 12.1 Å². The van der Waals surface area contributed by atoms with Gasteiger partial charge in [-0.1, -0.05) is 12.8 Å². The molecule has 1 saturated heterocycles. The van der Waals surface area contributed by atoms with E-state index in [0.717, 1.165) is 0 Å². The fraction of sp³-hybridized carbons (Fsp3) is 0.636. The van der Waals surface area contributed by atoms with Crippen LogP contribution in [0.5, 0.6) is 0 Å². The van der Waals surface area contributed by atoms with Crippen LogP contribution in [0.3, 0.4) is 0 Å². The molecule has 1 aliphatic rings. The predicted octanol–water partition coefficient (Wildman–Crippen LogP) is 0.135. The number of terminal acetylenes is 1. The molecule has 4 nitrogen and oxygen atoms in total. The van der Waals surface area contributed by atoms with E-state index in [1.165, 1.54) is 4.90 Å². The lowest BCUT2D eigenvalue weighted by molar-refractivity contribution is -0.149.